The predicted octanol–water partition coefficient (Wildman–Crippen LogP) is 2.45. The molecule has 1 amide bonds. The largest absolute Gasteiger partial charge is 0.391 e. The standard InChI is InChI=1S/C25H33N7O4/c1-25(36-3)10-8-15(9-11-25)31-12-4-5-18(24(31)35)28-20-13-21(26-2)32-22(30-20)16(14-27-32)23(34)29-17-6-7-19(17)33/h4-5,12-15,17,19,26,33H,6-11H2,1-3H3,(H,28,30)(H,29,34). The highest BCUT2D eigenvalue weighted by Gasteiger charge is 2.33. The van der Waals surface area contributed by atoms with Gasteiger partial charge in [0.05, 0.1) is 23.9 Å². The van der Waals surface area contributed by atoms with Crippen LogP contribution in [0.2, 0.25) is 0 Å². The number of fused-ring (bicyclic) bond motifs is 1. The molecule has 0 bridgehead atoms. The summed E-state index contributed by atoms with van der Waals surface area (Å²) in [5, 5.41) is 23.2. The van der Waals surface area contributed by atoms with Crippen LogP contribution in [0.15, 0.2) is 35.4 Å². The van der Waals surface area contributed by atoms with E-state index in [0.717, 1.165) is 32.1 Å². The molecule has 192 valence electrons. The second-order valence-corrected chi connectivity index (χ2v) is 9.94. The number of rotatable bonds is 7. The van der Waals surface area contributed by atoms with Gasteiger partial charge in [0.1, 0.15) is 22.9 Å². The summed E-state index contributed by atoms with van der Waals surface area (Å²) in [7, 11) is 3.49. The van der Waals surface area contributed by atoms with Crippen molar-refractivity contribution in [2.45, 2.75) is 69.2 Å². The maximum atomic E-state index is 13.4. The van der Waals surface area contributed by atoms with E-state index in [9.17, 15) is 14.7 Å². The van der Waals surface area contributed by atoms with E-state index >= 15 is 0 Å². The molecule has 0 aliphatic heterocycles. The van der Waals surface area contributed by atoms with Crippen LogP contribution in [0.3, 0.4) is 0 Å². The molecule has 0 aromatic carbocycles. The quantitative estimate of drug-likeness (QED) is 0.393. The third-order valence-corrected chi connectivity index (χ3v) is 7.66. The minimum Gasteiger partial charge on any atom is -0.391 e. The topological polar surface area (TPSA) is 135 Å². The molecule has 36 heavy (non-hydrogen) atoms. The average Bonchev–Trinajstić information content (AvgIpc) is 3.32. The monoisotopic (exact) mass is 495 g/mol. The molecule has 2 fully saturated rings. The van der Waals surface area contributed by atoms with Crippen LogP contribution >= 0.6 is 0 Å². The molecular formula is C25H33N7O4. The molecule has 2 atom stereocenters. The summed E-state index contributed by atoms with van der Waals surface area (Å²) < 4.78 is 8.97. The number of carbonyl (C=O) groups is 1. The summed E-state index contributed by atoms with van der Waals surface area (Å²) in [6.07, 6.45) is 7.70. The Morgan fingerprint density at radius 1 is 1.25 bits per heavy atom. The number of aliphatic hydroxyl groups is 1. The zero-order chi connectivity index (χ0) is 25.4. The highest BCUT2D eigenvalue weighted by Crippen LogP contribution is 2.36. The van der Waals surface area contributed by atoms with E-state index in [1.54, 1.807) is 30.9 Å². The molecule has 0 saturated heterocycles. The van der Waals surface area contributed by atoms with Crippen LogP contribution in [0.1, 0.15) is 61.8 Å². The van der Waals surface area contributed by atoms with E-state index in [1.807, 2.05) is 12.3 Å². The van der Waals surface area contributed by atoms with Gasteiger partial charge < -0.3 is 30.4 Å². The number of hydrogen-bond acceptors (Lipinski definition) is 8. The number of anilines is 3. The number of aliphatic hydroxyl groups excluding tert-OH is 1. The highest BCUT2D eigenvalue weighted by molar-refractivity contribution is 6.00. The molecule has 3 aromatic rings. The van der Waals surface area contributed by atoms with E-state index in [0.29, 0.717) is 35.0 Å². The Kier molecular flexibility index (Phi) is 6.44. The fourth-order valence-electron chi connectivity index (χ4n) is 4.99. The summed E-state index contributed by atoms with van der Waals surface area (Å²) >= 11 is 0. The zero-order valence-electron chi connectivity index (χ0n) is 20.8. The number of hydrogen-bond donors (Lipinski definition) is 4. The van der Waals surface area contributed by atoms with Crippen LogP contribution in [0.5, 0.6) is 0 Å². The molecule has 2 aliphatic rings. The van der Waals surface area contributed by atoms with Crippen LogP contribution in [-0.4, -0.2) is 62.1 Å². The first-order chi connectivity index (χ1) is 17.3. The van der Waals surface area contributed by atoms with Gasteiger partial charge in [-0.05, 0) is 57.6 Å². The first-order valence-corrected chi connectivity index (χ1v) is 12.4. The van der Waals surface area contributed by atoms with Crippen LogP contribution in [-0.2, 0) is 4.74 Å². The Morgan fingerprint density at radius 3 is 2.67 bits per heavy atom. The van der Waals surface area contributed by atoms with Crippen molar-refractivity contribution in [1.29, 1.82) is 0 Å². The lowest BCUT2D eigenvalue weighted by Crippen LogP contribution is -2.50. The maximum Gasteiger partial charge on any atom is 0.274 e. The molecule has 2 unspecified atom stereocenters. The van der Waals surface area contributed by atoms with Crippen molar-refractivity contribution in [2.24, 2.45) is 0 Å². The van der Waals surface area contributed by atoms with Crippen LogP contribution in [0.4, 0.5) is 17.3 Å². The predicted molar refractivity (Wildman–Crippen MR) is 136 cm³/mol. The lowest BCUT2D eigenvalue weighted by atomic mass is 9.83. The van der Waals surface area contributed by atoms with Gasteiger partial charge in [0.15, 0.2) is 5.65 Å². The summed E-state index contributed by atoms with van der Waals surface area (Å²) in [5.74, 6) is 0.672. The van der Waals surface area contributed by atoms with Gasteiger partial charge in [-0.25, -0.2) is 4.98 Å². The number of nitrogens with one attached hydrogen (secondary N) is 3. The number of ether oxygens (including phenoxy) is 1. The third kappa shape index (κ3) is 4.44. The number of carbonyl (C=O) groups excluding carboxylic acids is 1. The van der Waals surface area contributed by atoms with E-state index in [-0.39, 0.29) is 29.2 Å². The van der Waals surface area contributed by atoms with Gasteiger partial charge in [0.25, 0.3) is 11.5 Å². The van der Waals surface area contributed by atoms with Crippen LogP contribution in [0, 0.1) is 0 Å². The Hall–Kier alpha value is -3.44. The Balaban J connectivity index is 1.42. The van der Waals surface area contributed by atoms with Gasteiger partial charge in [0.2, 0.25) is 0 Å². The van der Waals surface area contributed by atoms with Crippen molar-refractivity contribution in [1.82, 2.24) is 24.5 Å². The van der Waals surface area contributed by atoms with Gasteiger partial charge in [-0.15, -0.1) is 0 Å². The molecule has 0 radical (unpaired) electrons. The van der Waals surface area contributed by atoms with Gasteiger partial charge in [0, 0.05) is 32.5 Å². The second kappa shape index (κ2) is 9.55. The zero-order valence-corrected chi connectivity index (χ0v) is 20.8. The Bertz CT molecular complexity index is 1330. The van der Waals surface area contributed by atoms with Crippen LogP contribution < -0.4 is 21.5 Å². The molecule has 11 nitrogen and oxygen atoms in total. The van der Waals surface area contributed by atoms with Crippen molar-refractivity contribution in [2.75, 3.05) is 24.8 Å². The van der Waals surface area contributed by atoms with Gasteiger partial charge in [-0.3, -0.25) is 9.59 Å². The first-order valence-electron chi connectivity index (χ1n) is 12.4. The lowest BCUT2D eigenvalue weighted by Gasteiger charge is -2.36. The van der Waals surface area contributed by atoms with Gasteiger partial charge in [-0.1, -0.05) is 0 Å². The Labute approximate surface area is 208 Å². The smallest absolute Gasteiger partial charge is 0.274 e. The van der Waals surface area contributed by atoms with Crippen molar-refractivity contribution in [3.8, 4) is 0 Å². The number of nitrogens with zero attached hydrogens (tertiary/aromatic N) is 4. The molecule has 11 heteroatoms. The van der Waals surface area contributed by atoms with Crippen molar-refractivity contribution >= 4 is 28.9 Å². The first kappa shape index (κ1) is 24.3. The van der Waals surface area contributed by atoms with E-state index in [1.165, 1.54) is 10.7 Å². The van der Waals surface area contributed by atoms with Crippen LogP contribution in [0.25, 0.3) is 5.65 Å². The Morgan fingerprint density at radius 2 is 2.03 bits per heavy atom. The molecule has 4 N–H and O–H groups in total. The number of aromatic nitrogens is 4. The molecular weight excluding hydrogens is 462 g/mol. The molecule has 5 rings (SSSR count). The fourth-order valence-corrected chi connectivity index (χ4v) is 4.99. The fraction of sp³-hybridized carbons (Fsp3) is 0.520. The third-order valence-electron chi connectivity index (χ3n) is 7.66. The normalized spacial score (nSPS) is 25.8. The molecule has 3 aromatic heterocycles. The molecule has 3 heterocycles. The minimum absolute atomic E-state index is 0.109. The van der Waals surface area contributed by atoms with Gasteiger partial charge >= 0.3 is 0 Å². The SMILES string of the molecule is CNc1cc(Nc2cccn(C3CCC(C)(OC)CC3)c2=O)nc2c(C(=O)NC3CCC3O)cnn12. The lowest BCUT2D eigenvalue weighted by molar-refractivity contribution is -0.0324. The van der Waals surface area contributed by atoms with E-state index < -0.39 is 6.10 Å². The average molecular weight is 496 g/mol. The minimum atomic E-state index is -0.526. The molecule has 2 saturated carbocycles. The van der Waals surface area contributed by atoms with E-state index in [2.05, 4.69) is 33.0 Å². The summed E-state index contributed by atoms with van der Waals surface area (Å²) in [6.45, 7) is 2.12. The second-order valence-electron chi connectivity index (χ2n) is 9.94. The van der Waals surface area contributed by atoms with E-state index in [4.69, 9.17) is 4.74 Å². The maximum absolute atomic E-state index is 13.4. The number of amides is 1. The summed E-state index contributed by atoms with van der Waals surface area (Å²) in [5.41, 5.74) is 0.785. The number of methoxy groups -OCH3 is 1. The van der Waals surface area contributed by atoms with Gasteiger partial charge in [-0.2, -0.15) is 9.61 Å². The molecule has 0 spiro atoms. The molecule has 2 aliphatic carbocycles. The summed E-state index contributed by atoms with van der Waals surface area (Å²) in [4.78, 5) is 30.8. The van der Waals surface area contributed by atoms with Crippen molar-refractivity contribution in [3.63, 3.8) is 0 Å². The summed E-state index contributed by atoms with van der Waals surface area (Å²) in [6, 6.07) is 5.17. The number of pyridine rings is 1. The van der Waals surface area contributed by atoms with Crippen molar-refractivity contribution in [3.05, 3.63) is 46.5 Å². The highest BCUT2D eigenvalue weighted by atomic mass is 16.5. The van der Waals surface area contributed by atoms with Crippen molar-refractivity contribution < 1.29 is 14.6 Å².